The molecule has 3 rings (SSSR count). The summed E-state index contributed by atoms with van der Waals surface area (Å²) in [6.45, 7) is 0.428. The molecule has 0 spiro atoms. The molecule has 92 valence electrons. The van der Waals surface area contributed by atoms with Gasteiger partial charge in [-0.2, -0.15) is 16.3 Å². The highest BCUT2D eigenvalue weighted by Gasteiger charge is 2.10. The molecule has 0 bridgehead atoms. The van der Waals surface area contributed by atoms with Crippen LogP contribution in [0.2, 0.25) is 0 Å². The number of hydrogen-bond donors (Lipinski definition) is 0. The fourth-order valence-electron chi connectivity index (χ4n) is 1.44. The van der Waals surface area contributed by atoms with Gasteiger partial charge in [0.2, 0.25) is 11.7 Å². The summed E-state index contributed by atoms with van der Waals surface area (Å²) in [4.78, 5) is 4.31. The highest BCUT2D eigenvalue weighted by atomic mass is 79.9. The van der Waals surface area contributed by atoms with Crippen molar-refractivity contribution in [2.45, 2.75) is 11.9 Å². The molecule has 0 N–H and O–H groups in total. The van der Waals surface area contributed by atoms with Gasteiger partial charge in [-0.05, 0) is 11.4 Å². The van der Waals surface area contributed by atoms with E-state index in [2.05, 4.69) is 36.4 Å². The Morgan fingerprint density at radius 3 is 3.11 bits per heavy atom. The molecule has 0 aromatic carbocycles. The van der Waals surface area contributed by atoms with Crippen molar-refractivity contribution in [2.24, 2.45) is 0 Å². The summed E-state index contributed by atoms with van der Waals surface area (Å²) >= 11 is 4.92. The second-order valence-electron chi connectivity index (χ2n) is 3.56. The van der Waals surface area contributed by atoms with E-state index in [0.29, 0.717) is 23.6 Å². The first-order valence-electron chi connectivity index (χ1n) is 5.15. The van der Waals surface area contributed by atoms with Crippen LogP contribution in [0, 0.1) is 0 Å². The van der Waals surface area contributed by atoms with Crippen molar-refractivity contribution >= 4 is 27.3 Å². The van der Waals surface area contributed by atoms with E-state index in [1.54, 1.807) is 16.0 Å². The van der Waals surface area contributed by atoms with Gasteiger partial charge in [-0.1, -0.05) is 26.3 Å². The summed E-state index contributed by atoms with van der Waals surface area (Å²) in [5, 5.41) is 16.5. The van der Waals surface area contributed by atoms with E-state index in [1.807, 2.05) is 23.0 Å². The highest BCUT2D eigenvalue weighted by Crippen LogP contribution is 2.18. The van der Waals surface area contributed by atoms with E-state index in [-0.39, 0.29) is 0 Å². The molecular weight excluding hydrogens is 318 g/mol. The van der Waals surface area contributed by atoms with Crippen LogP contribution < -0.4 is 0 Å². The summed E-state index contributed by atoms with van der Waals surface area (Å²) < 4.78 is 6.85. The summed E-state index contributed by atoms with van der Waals surface area (Å²) in [7, 11) is 0. The molecule has 0 atom stereocenters. The van der Waals surface area contributed by atoms with Crippen molar-refractivity contribution in [3.8, 4) is 11.4 Å². The van der Waals surface area contributed by atoms with Crippen LogP contribution in [0.1, 0.15) is 11.6 Å². The minimum absolute atomic E-state index is 0.428. The normalized spacial score (nSPS) is 10.9. The summed E-state index contributed by atoms with van der Waals surface area (Å²) in [5.74, 6) is 1.12. The predicted octanol–water partition coefficient (Wildman–Crippen LogP) is 2.33. The first kappa shape index (κ1) is 11.5. The Kier molecular flexibility index (Phi) is 3.20. The Hall–Kier alpha value is -1.54. The van der Waals surface area contributed by atoms with Crippen LogP contribution in [0.4, 0.5) is 0 Å². The number of thiophene rings is 1. The van der Waals surface area contributed by atoms with Gasteiger partial charge in [0.25, 0.3) is 0 Å². The zero-order chi connectivity index (χ0) is 12.4. The molecule has 3 heterocycles. The zero-order valence-corrected chi connectivity index (χ0v) is 11.6. The second kappa shape index (κ2) is 4.99. The fraction of sp³-hybridized carbons (Fsp3) is 0.200. The fourth-order valence-corrected chi connectivity index (χ4v) is 2.33. The average Bonchev–Trinajstić information content (AvgIpc) is 3.10. The lowest BCUT2D eigenvalue weighted by Gasteiger charge is -1.91. The number of hydrogen-bond acceptors (Lipinski definition) is 6. The Morgan fingerprint density at radius 2 is 2.39 bits per heavy atom. The molecule has 0 saturated carbocycles. The Bertz CT molecular complexity index is 632. The van der Waals surface area contributed by atoms with Crippen LogP contribution in [0.5, 0.6) is 0 Å². The van der Waals surface area contributed by atoms with E-state index < -0.39 is 0 Å². The molecule has 0 amide bonds. The Morgan fingerprint density at radius 1 is 1.44 bits per heavy atom. The van der Waals surface area contributed by atoms with Crippen LogP contribution in [0.25, 0.3) is 11.4 Å². The second-order valence-corrected chi connectivity index (χ2v) is 4.91. The van der Waals surface area contributed by atoms with Crippen LogP contribution in [0.15, 0.2) is 27.5 Å². The van der Waals surface area contributed by atoms with Gasteiger partial charge in [0, 0.05) is 22.5 Å². The summed E-state index contributed by atoms with van der Waals surface area (Å²) in [5.41, 5.74) is 1.84. The molecule has 0 aliphatic rings. The average molecular weight is 326 g/mol. The predicted molar refractivity (Wildman–Crippen MR) is 69.4 cm³/mol. The highest BCUT2D eigenvalue weighted by molar-refractivity contribution is 9.08. The van der Waals surface area contributed by atoms with Crippen molar-refractivity contribution in [3.63, 3.8) is 0 Å². The smallest absolute Gasteiger partial charge is 0.248 e. The standard InChI is InChI=1S/C10H8BrN5OS/c11-3-8-4-16(15-13-8)5-9-12-10(14-17-9)7-1-2-18-6-7/h1-2,4,6H,3,5H2. The molecule has 0 aliphatic heterocycles. The minimum atomic E-state index is 0.428. The van der Waals surface area contributed by atoms with Gasteiger partial charge >= 0.3 is 0 Å². The molecule has 0 fully saturated rings. The third-order valence-electron chi connectivity index (χ3n) is 2.27. The molecule has 3 aromatic heterocycles. The largest absolute Gasteiger partial charge is 0.337 e. The van der Waals surface area contributed by atoms with Gasteiger partial charge in [0.1, 0.15) is 6.54 Å². The summed E-state index contributed by atoms with van der Waals surface area (Å²) in [6, 6.07) is 1.96. The van der Waals surface area contributed by atoms with Crippen LogP contribution in [-0.4, -0.2) is 25.1 Å². The van der Waals surface area contributed by atoms with Crippen molar-refractivity contribution in [2.75, 3.05) is 0 Å². The number of halogens is 1. The summed E-state index contributed by atoms with van der Waals surface area (Å²) in [6.07, 6.45) is 1.84. The number of rotatable bonds is 4. The van der Waals surface area contributed by atoms with Gasteiger partial charge < -0.3 is 4.52 Å². The molecule has 8 heteroatoms. The van der Waals surface area contributed by atoms with E-state index >= 15 is 0 Å². The topological polar surface area (TPSA) is 69.6 Å². The third kappa shape index (κ3) is 2.34. The first-order valence-corrected chi connectivity index (χ1v) is 7.21. The van der Waals surface area contributed by atoms with Crippen molar-refractivity contribution in [1.82, 2.24) is 25.1 Å². The zero-order valence-electron chi connectivity index (χ0n) is 9.15. The van der Waals surface area contributed by atoms with Crippen molar-refractivity contribution in [3.05, 3.63) is 34.6 Å². The van der Waals surface area contributed by atoms with Gasteiger partial charge in [-0.3, -0.25) is 0 Å². The van der Waals surface area contributed by atoms with E-state index in [1.165, 1.54) is 0 Å². The van der Waals surface area contributed by atoms with Crippen molar-refractivity contribution < 1.29 is 4.52 Å². The first-order chi connectivity index (χ1) is 8.85. The van der Waals surface area contributed by atoms with E-state index in [9.17, 15) is 0 Å². The maximum absolute atomic E-state index is 5.18. The SMILES string of the molecule is BrCc1cn(Cc2nc(-c3ccsc3)no2)nn1. The number of nitrogens with zero attached hydrogens (tertiary/aromatic N) is 5. The number of alkyl halides is 1. The molecule has 0 radical (unpaired) electrons. The van der Waals surface area contributed by atoms with Crippen LogP contribution in [-0.2, 0) is 11.9 Å². The lowest BCUT2D eigenvalue weighted by Crippen LogP contribution is -2.00. The lowest BCUT2D eigenvalue weighted by molar-refractivity contribution is 0.364. The van der Waals surface area contributed by atoms with E-state index in [0.717, 1.165) is 11.3 Å². The molecule has 6 nitrogen and oxygen atoms in total. The third-order valence-corrected chi connectivity index (χ3v) is 3.53. The Labute approximate surface area is 115 Å². The number of aromatic nitrogens is 5. The minimum Gasteiger partial charge on any atom is -0.337 e. The maximum atomic E-state index is 5.18. The lowest BCUT2D eigenvalue weighted by atomic mass is 10.3. The molecule has 0 unspecified atom stereocenters. The molecule has 0 aliphatic carbocycles. The van der Waals surface area contributed by atoms with Gasteiger partial charge in [0.05, 0.1) is 5.69 Å². The molecular formula is C10H8BrN5OS. The molecule has 0 saturated heterocycles. The maximum Gasteiger partial charge on any atom is 0.248 e. The monoisotopic (exact) mass is 325 g/mol. The van der Waals surface area contributed by atoms with Gasteiger partial charge in [-0.15, -0.1) is 5.10 Å². The molecule has 3 aromatic rings. The van der Waals surface area contributed by atoms with E-state index in [4.69, 9.17) is 4.52 Å². The van der Waals surface area contributed by atoms with Gasteiger partial charge in [-0.25, -0.2) is 4.68 Å². The van der Waals surface area contributed by atoms with Crippen LogP contribution in [0.3, 0.4) is 0 Å². The van der Waals surface area contributed by atoms with Crippen molar-refractivity contribution in [1.29, 1.82) is 0 Å². The van der Waals surface area contributed by atoms with Crippen LogP contribution >= 0.6 is 27.3 Å². The quantitative estimate of drug-likeness (QED) is 0.688. The van der Waals surface area contributed by atoms with Gasteiger partial charge in [0.15, 0.2) is 0 Å². The molecule has 18 heavy (non-hydrogen) atoms. The Balaban J connectivity index is 1.77.